The summed E-state index contributed by atoms with van der Waals surface area (Å²) in [6, 6.07) is 15.0. The van der Waals surface area contributed by atoms with Gasteiger partial charge in [0, 0.05) is 11.6 Å². The number of hydrogen-bond acceptors (Lipinski definition) is 4. The number of sulfonamides is 1. The summed E-state index contributed by atoms with van der Waals surface area (Å²) in [6.07, 6.45) is 1.47. The molecule has 3 aromatic rings. The van der Waals surface area contributed by atoms with Crippen LogP contribution in [0.5, 0.6) is 0 Å². The van der Waals surface area contributed by atoms with Crippen molar-refractivity contribution in [2.75, 3.05) is 6.54 Å². The molecular formula is C20H18ClFN2O4S. The molecule has 1 heterocycles. The molecule has 0 aliphatic rings. The van der Waals surface area contributed by atoms with Gasteiger partial charge in [-0.05, 0) is 35.9 Å². The Hall–Kier alpha value is -2.68. The first kappa shape index (κ1) is 21.0. The highest BCUT2D eigenvalue weighted by Crippen LogP contribution is 2.23. The molecule has 9 heteroatoms. The number of nitrogens with one attached hydrogen (secondary N) is 1. The molecule has 0 radical (unpaired) electrons. The van der Waals surface area contributed by atoms with Crippen molar-refractivity contribution in [3.63, 3.8) is 0 Å². The van der Waals surface area contributed by atoms with Crippen LogP contribution in [0.4, 0.5) is 4.39 Å². The Bertz CT molecular complexity index is 1090. The number of furan rings is 1. The van der Waals surface area contributed by atoms with Crippen LogP contribution in [-0.4, -0.2) is 25.2 Å². The smallest absolute Gasteiger partial charge is 0.246 e. The zero-order valence-electron chi connectivity index (χ0n) is 15.2. The Labute approximate surface area is 173 Å². The minimum atomic E-state index is -4.30. The molecule has 29 heavy (non-hydrogen) atoms. The lowest BCUT2D eigenvalue weighted by molar-refractivity contribution is -0.121. The van der Waals surface area contributed by atoms with Gasteiger partial charge < -0.3 is 9.73 Å². The van der Waals surface area contributed by atoms with Crippen LogP contribution in [0.15, 0.2) is 76.2 Å². The Balaban J connectivity index is 1.86. The number of hydrogen-bond donors (Lipinski definition) is 1. The van der Waals surface area contributed by atoms with Gasteiger partial charge in [0.15, 0.2) is 0 Å². The van der Waals surface area contributed by atoms with E-state index in [-0.39, 0.29) is 13.1 Å². The SMILES string of the molecule is O=C(CN(Cc1ccccc1Cl)S(=O)(=O)c1ccccc1F)NCc1ccco1. The van der Waals surface area contributed by atoms with Crippen LogP contribution in [0.3, 0.4) is 0 Å². The molecular weight excluding hydrogens is 419 g/mol. The number of benzene rings is 2. The van der Waals surface area contributed by atoms with Crippen molar-refractivity contribution >= 4 is 27.5 Å². The number of carbonyl (C=O) groups excluding carboxylic acids is 1. The molecule has 0 saturated carbocycles. The lowest BCUT2D eigenvalue weighted by atomic mass is 10.2. The van der Waals surface area contributed by atoms with Crippen molar-refractivity contribution in [2.24, 2.45) is 0 Å². The van der Waals surface area contributed by atoms with Crippen molar-refractivity contribution in [3.8, 4) is 0 Å². The molecule has 0 aliphatic heterocycles. The van der Waals surface area contributed by atoms with Gasteiger partial charge in [0.2, 0.25) is 15.9 Å². The summed E-state index contributed by atoms with van der Waals surface area (Å²) in [4.78, 5) is 11.9. The second-order valence-electron chi connectivity index (χ2n) is 6.15. The highest BCUT2D eigenvalue weighted by molar-refractivity contribution is 7.89. The number of halogens is 2. The van der Waals surface area contributed by atoms with Gasteiger partial charge in [-0.2, -0.15) is 4.31 Å². The van der Waals surface area contributed by atoms with Gasteiger partial charge in [-0.25, -0.2) is 12.8 Å². The normalized spacial score (nSPS) is 11.6. The van der Waals surface area contributed by atoms with E-state index in [1.54, 1.807) is 36.4 Å². The fourth-order valence-electron chi connectivity index (χ4n) is 2.65. The van der Waals surface area contributed by atoms with Crippen LogP contribution in [0.25, 0.3) is 0 Å². The molecule has 2 aromatic carbocycles. The Morgan fingerprint density at radius 2 is 1.79 bits per heavy atom. The minimum Gasteiger partial charge on any atom is -0.467 e. The third-order valence-electron chi connectivity index (χ3n) is 4.12. The third kappa shape index (κ3) is 5.23. The molecule has 6 nitrogen and oxygen atoms in total. The molecule has 3 rings (SSSR count). The summed E-state index contributed by atoms with van der Waals surface area (Å²) in [5.41, 5.74) is 0.493. The van der Waals surface area contributed by atoms with Gasteiger partial charge in [0.1, 0.15) is 16.5 Å². The highest BCUT2D eigenvalue weighted by atomic mass is 35.5. The van der Waals surface area contributed by atoms with Gasteiger partial charge in [0.25, 0.3) is 0 Å². The first-order valence-corrected chi connectivity index (χ1v) is 10.5. The molecule has 0 unspecified atom stereocenters. The molecule has 0 fully saturated rings. The van der Waals surface area contributed by atoms with Crippen LogP contribution in [0.1, 0.15) is 11.3 Å². The molecule has 0 bridgehead atoms. The summed E-state index contributed by atoms with van der Waals surface area (Å²) in [7, 11) is -4.30. The quantitative estimate of drug-likeness (QED) is 0.585. The zero-order valence-corrected chi connectivity index (χ0v) is 16.8. The summed E-state index contributed by atoms with van der Waals surface area (Å²) in [6.45, 7) is -0.599. The monoisotopic (exact) mass is 436 g/mol. The van der Waals surface area contributed by atoms with Crippen LogP contribution in [0.2, 0.25) is 5.02 Å². The molecule has 0 saturated heterocycles. The first-order valence-electron chi connectivity index (χ1n) is 8.65. The maximum absolute atomic E-state index is 14.2. The van der Waals surface area contributed by atoms with E-state index in [0.29, 0.717) is 16.3 Å². The zero-order chi connectivity index (χ0) is 20.9. The summed E-state index contributed by atoms with van der Waals surface area (Å²) in [5, 5.41) is 2.93. The Morgan fingerprint density at radius 3 is 2.48 bits per heavy atom. The summed E-state index contributed by atoms with van der Waals surface area (Å²) < 4.78 is 46.4. The minimum absolute atomic E-state index is 0.103. The average molecular weight is 437 g/mol. The van der Waals surface area contributed by atoms with E-state index in [2.05, 4.69) is 5.32 Å². The van der Waals surface area contributed by atoms with E-state index in [1.165, 1.54) is 18.4 Å². The molecule has 0 spiro atoms. The van der Waals surface area contributed by atoms with Crippen LogP contribution in [-0.2, 0) is 27.9 Å². The second-order valence-corrected chi connectivity index (χ2v) is 8.46. The van der Waals surface area contributed by atoms with Gasteiger partial charge in [-0.15, -0.1) is 0 Å². The maximum Gasteiger partial charge on any atom is 0.246 e. The number of nitrogens with zero attached hydrogens (tertiary/aromatic N) is 1. The summed E-state index contributed by atoms with van der Waals surface area (Å²) >= 11 is 6.15. The van der Waals surface area contributed by atoms with E-state index in [1.807, 2.05) is 0 Å². The Morgan fingerprint density at radius 1 is 1.07 bits per heavy atom. The van der Waals surface area contributed by atoms with Crippen LogP contribution in [0, 0.1) is 5.82 Å². The molecule has 0 atom stereocenters. The molecule has 152 valence electrons. The highest BCUT2D eigenvalue weighted by Gasteiger charge is 2.29. The van der Waals surface area contributed by atoms with E-state index < -0.39 is 33.2 Å². The number of carbonyl (C=O) groups is 1. The molecule has 1 amide bonds. The van der Waals surface area contributed by atoms with Crippen LogP contribution < -0.4 is 5.32 Å². The van der Waals surface area contributed by atoms with Crippen LogP contribution >= 0.6 is 11.6 Å². The van der Waals surface area contributed by atoms with Crippen molar-refractivity contribution in [1.29, 1.82) is 0 Å². The standard InChI is InChI=1S/C20H18ClFN2O4S/c21-17-8-2-1-6-15(17)13-24(14-20(25)23-12-16-7-5-11-28-16)29(26,27)19-10-4-3-9-18(19)22/h1-11H,12-14H2,(H,23,25). The van der Waals surface area contributed by atoms with Crippen molar-refractivity contribution < 1.29 is 22.0 Å². The van der Waals surface area contributed by atoms with E-state index >= 15 is 0 Å². The largest absolute Gasteiger partial charge is 0.467 e. The lowest BCUT2D eigenvalue weighted by Crippen LogP contribution is -2.40. The topological polar surface area (TPSA) is 79.6 Å². The van der Waals surface area contributed by atoms with Gasteiger partial charge in [-0.3, -0.25) is 4.79 Å². The fraction of sp³-hybridized carbons (Fsp3) is 0.150. The maximum atomic E-state index is 14.2. The fourth-order valence-corrected chi connectivity index (χ4v) is 4.29. The number of rotatable bonds is 8. The van der Waals surface area contributed by atoms with E-state index in [9.17, 15) is 17.6 Å². The molecule has 0 aliphatic carbocycles. The molecule has 1 aromatic heterocycles. The molecule has 1 N–H and O–H groups in total. The van der Waals surface area contributed by atoms with Crippen molar-refractivity contribution in [3.05, 3.63) is 89.1 Å². The average Bonchev–Trinajstić information content (AvgIpc) is 3.21. The van der Waals surface area contributed by atoms with E-state index in [4.69, 9.17) is 16.0 Å². The third-order valence-corrected chi connectivity index (χ3v) is 6.31. The first-order chi connectivity index (χ1) is 13.9. The van der Waals surface area contributed by atoms with Gasteiger partial charge in [-0.1, -0.05) is 41.9 Å². The predicted molar refractivity (Wildman–Crippen MR) is 106 cm³/mol. The van der Waals surface area contributed by atoms with E-state index in [0.717, 1.165) is 16.4 Å². The number of amides is 1. The summed E-state index contributed by atoms with van der Waals surface area (Å²) in [5.74, 6) is -0.936. The van der Waals surface area contributed by atoms with Crippen molar-refractivity contribution in [1.82, 2.24) is 9.62 Å². The van der Waals surface area contributed by atoms with Crippen molar-refractivity contribution in [2.45, 2.75) is 18.0 Å². The second kappa shape index (κ2) is 9.21. The Kier molecular flexibility index (Phi) is 6.68. The van der Waals surface area contributed by atoms with Gasteiger partial charge >= 0.3 is 0 Å². The van der Waals surface area contributed by atoms with Gasteiger partial charge in [0.05, 0.1) is 19.4 Å². The predicted octanol–water partition coefficient (Wildman–Crippen LogP) is 3.58. The lowest BCUT2D eigenvalue weighted by Gasteiger charge is -2.22.